The standard InChI is InChI=1S/C18H23BrN6S/c1-12(2)11-23-4-6-24(7-5-23)16-8-14(19)9-17-15(16)10-20-25(17)18-22-21-13(3)26-18/h8-10,12H,4-7,11H2,1-3H3. The molecule has 1 aromatic carbocycles. The number of piperazine rings is 1. The molecular weight excluding hydrogens is 412 g/mol. The fourth-order valence-corrected chi connectivity index (χ4v) is 4.64. The van der Waals surface area contributed by atoms with Crippen molar-refractivity contribution in [3.8, 4) is 5.13 Å². The lowest BCUT2D eigenvalue weighted by molar-refractivity contribution is 0.231. The molecule has 0 radical (unpaired) electrons. The van der Waals surface area contributed by atoms with Gasteiger partial charge in [0, 0.05) is 48.3 Å². The Kier molecular flexibility index (Phi) is 4.98. The lowest BCUT2D eigenvalue weighted by Crippen LogP contribution is -2.47. The van der Waals surface area contributed by atoms with E-state index in [0.717, 1.165) is 46.3 Å². The van der Waals surface area contributed by atoms with Crippen LogP contribution < -0.4 is 4.90 Å². The maximum Gasteiger partial charge on any atom is 0.233 e. The Morgan fingerprint density at radius 2 is 1.92 bits per heavy atom. The van der Waals surface area contributed by atoms with Gasteiger partial charge in [-0.05, 0) is 25.0 Å². The van der Waals surface area contributed by atoms with E-state index in [1.54, 1.807) is 11.3 Å². The van der Waals surface area contributed by atoms with Crippen molar-refractivity contribution in [2.45, 2.75) is 20.8 Å². The lowest BCUT2D eigenvalue weighted by atomic mass is 10.1. The molecule has 2 aromatic heterocycles. The second kappa shape index (κ2) is 7.25. The van der Waals surface area contributed by atoms with Crippen LogP contribution in [0.1, 0.15) is 18.9 Å². The normalized spacial score (nSPS) is 16.1. The number of aromatic nitrogens is 4. The second-order valence-corrected chi connectivity index (χ2v) is 9.28. The van der Waals surface area contributed by atoms with E-state index in [0.29, 0.717) is 5.92 Å². The highest BCUT2D eigenvalue weighted by atomic mass is 79.9. The summed E-state index contributed by atoms with van der Waals surface area (Å²) < 4.78 is 2.95. The number of fused-ring (bicyclic) bond motifs is 1. The zero-order chi connectivity index (χ0) is 18.3. The second-order valence-electron chi connectivity index (χ2n) is 7.20. The molecule has 4 rings (SSSR count). The summed E-state index contributed by atoms with van der Waals surface area (Å²) in [6, 6.07) is 4.31. The minimum absolute atomic E-state index is 0.715. The number of hydrogen-bond acceptors (Lipinski definition) is 6. The van der Waals surface area contributed by atoms with Crippen LogP contribution in [0.15, 0.2) is 22.8 Å². The minimum atomic E-state index is 0.715. The molecule has 0 saturated carbocycles. The molecule has 0 aliphatic carbocycles. The highest BCUT2D eigenvalue weighted by Crippen LogP contribution is 2.33. The van der Waals surface area contributed by atoms with Gasteiger partial charge in [0.25, 0.3) is 0 Å². The van der Waals surface area contributed by atoms with Gasteiger partial charge in [0.2, 0.25) is 5.13 Å². The van der Waals surface area contributed by atoms with Crippen molar-refractivity contribution in [3.63, 3.8) is 0 Å². The van der Waals surface area contributed by atoms with Gasteiger partial charge < -0.3 is 4.90 Å². The van der Waals surface area contributed by atoms with Crippen LogP contribution in [0.5, 0.6) is 0 Å². The quantitative estimate of drug-likeness (QED) is 0.625. The maximum atomic E-state index is 4.60. The molecule has 0 spiro atoms. The first-order chi connectivity index (χ1) is 12.5. The number of halogens is 1. The number of nitrogens with zero attached hydrogens (tertiary/aromatic N) is 6. The molecule has 1 aliphatic heterocycles. The predicted octanol–water partition coefficient (Wildman–Crippen LogP) is 3.73. The van der Waals surface area contributed by atoms with Crippen molar-refractivity contribution in [2.75, 3.05) is 37.6 Å². The molecule has 26 heavy (non-hydrogen) atoms. The van der Waals surface area contributed by atoms with Crippen molar-refractivity contribution in [1.82, 2.24) is 24.9 Å². The van der Waals surface area contributed by atoms with Gasteiger partial charge in [-0.25, -0.2) is 4.68 Å². The number of hydrogen-bond donors (Lipinski definition) is 0. The van der Waals surface area contributed by atoms with E-state index in [1.807, 2.05) is 17.8 Å². The van der Waals surface area contributed by atoms with Crippen LogP contribution in [0.2, 0.25) is 0 Å². The number of anilines is 1. The van der Waals surface area contributed by atoms with Crippen LogP contribution in [-0.2, 0) is 0 Å². The number of rotatable bonds is 4. The molecule has 0 bridgehead atoms. The summed E-state index contributed by atoms with van der Waals surface area (Å²) in [4.78, 5) is 5.03. The molecule has 0 unspecified atom stereocenters. The molecule has 3 aromatic rings. The molecule has 138 valence electrons. The van der Waals surface area contributed by atoms with Crippen LogP contribution in [0, 0.1) is 12.8 Å². The third-order valence-corrected chi connectivity index (χ3v) is 5.94. The summed E-state index contributed by atoms with van der Waals surface area (Å²) in [6.45, 7) is 12.0. The van der Waals surface area contributed by atoms with Crippen molar-refractivity contribution in [1.29, 1.82) is 0 Å². The molecule has 0 N–H and O–H groups in total. The van der Waals surface area contributed by atoms with Gasteiger partial charge in [0.15, 0.2) is 0 Å². The summed E-state index contributed by atoms with van der Waals surface area (Å²) in [5.74, 6) is 0.715. The van der Waals surface area contributed by atoms with E-state index < -0.39 is 0 Å². The van der Waals surface area contributed by atoms with E-state index in [1.165, 1.54) is 17.6 Å². The summed E-state index contributed by atoms with van der Waals surface area (Å²) in [7, 11) is 0. The SMILES string of the molecule is Cc1nnc(-n2ncc3c(N4CCN(CC(C)C)CC4)cc(Br)cc32)s1. The molecule has 6 nitrogen and oxygen atoms in total. The van der Waals surface area contributed by atoms with Gasteiger partial charge in [-0.3, -0.25) is 4.90 Å². The molecule has 0 atom stereocenters. The van der Waals surface area contributed by atoms with Crippen LogP contribution >= 0.6 is 27.3 Å². The monoisotopic (exact) mass is 434 g/mol. The average molecular weight is 435 g/mol. The van der Waals surface area contributed by atoms with Gasteiger partial charge in [-0.1, -0.05) is 41.1 Å². The zero-order valence-corrected chi connectivity index (χ0v) is 17.7. The molecular formula is C18H23BrN6S. The predicted molar refractivity (Wildman–Crippen MR) is 110 cm³/mol. The fraction of sp³-hybridized carbons (Fsp3) is 0.500. The highest BCUT2D eigenvalue weighted by Gasteiger charge is 2.21. The van der Waals surface area contributed by atoms with Crippen LogP contribution in [0.3, 0.4) is 0 Å². The topological polar surface area (TPSA) is 50.1 Å². The van der Waals surface area contributed by atoms with Gasteiger partial charge in [0.05, 0.1) is 11.7 Å². The Morgan fingerprint density at radius 3 is 2.58 bits per heavy atom. The molecule has 0 amide bonds. The molecule has 1 fully saturated rings. The van der Waals surface area contributed by atoms with Crippen molar-refractivity contribution in [3.05, 3.63) is 27.8 Å². The van der Waals surface area contributed by atoms with Gasteiger partial charge >= 0.3 is 0 Å². The smallest absolute Gasteiger partial charge is 0.233 e. The van der Waals surface area contributed by atoms with Gasteiger partial charge in [-0.2, -0.15) is 5.10 Å². The third-order valence-electron chi connectivity index (χ3n) is 4.66. The fourth-order valence-electron chi connectivity index (χ4n) is 3.55. The van der Waals surface area contributed by atoms with Gasteiger partial charge in [0.1, 0.15) is 5.01 Å². The van der Waals surface area contributed by atoms with E-state index in [9.17, 15) is 0 Å². The average Bonchev–Trinajstić information content (AvgIpc) is 3.20. The molecule has 8 heteroatoms. The van der Waals surface area contributed by atoms with E-state index in [4.69, 9.17) is 0 Å². The zero-order valence-electron chi connectivity index (χ0n) is 15.3. The van der Waals surface area contributed by atoms with Crippen molar-refractivity contribution >= 4 is 43.9 Å². The third kappa shape index (κ3) is 3.50. The first-order valence-electron chi connectivity index (χ1n) is 8.96. The summed E-state index contributed by atoms with van der Waals surface area (Å²) in [5.41, 5.74) is 2.31. The Balaban J connectivity index is 1.65. The Bertz CT molecular complexity index is 910. The summed E-state index contributed by atoms with van der Waals surface area (Å²) in [6.07, 6.45) is 1.95. The number of aryl methyl sites for hydroxylation is 1. The van der Waals surface area contributed by atoms with Gasteiger partial charge in [-0.15, -0.1) is 10.2 Å². The lowest BCUT2D eigenvalue weighted by Gasteiger charge is -2.37. The molecule has 3 heterocycles. The van der Waals surface area contributed by atoms with Crippen LogP contribution in [-0.4, -0.2) is 57.6 Å². The molecule has 1 aliphatic rings. The Labute approximate surface area is 165 Å². The first-order valence-corrected chi connectivity index (χ1v) is 10.6. The van der Waals surface area contributed by atoms with Crippen LogP contribution in [0.25, 0.3) is 16.0 Å². The van der Waals surface area contributed by atoms with E-state index in [2.05, 4.69) is 67.0 Å². The van der Waals surface area contributed by atoms with Crippen LogP contribution in [0.4, 0.5) is 5.69 Å². The summed E-state index contributed by atoms with van der Waals surface area (Å²) >= 11 is 5.24. The van der Waals surface area contributed by atoms with Crippen molar-refractivity contribution in [2.24, 2.45) is 5.92 Å². The maximum absolute atomic E-state index is 4.60. The Hall–Kier alpha value is -1.51. The highest BCUT2D eigenvalue weighted by molar-refractivity contribution is 9.10. The molecule has 1 saturated heterocycles. The minimum Gasteiger partial charge on any atom is -0.368 e. The largest absolute Gasteiger partial charge is 0.368 e. The first kappa shape index (κ1) is 17.9. The Morgan fingerprint density at radius 1 is 1.15 bits per heavy atom. The van der Waals surface area contributed by atoms with E-state index in [-0.39, 0.29) is 0 Å². The van der Waals surface area contributed by atoms with E-state index >= 15 is 0 Å². The van der Waals surface area contributed by atoms with Crippen molar-refractivity contribution < 1.29 is 0 Å². The number of benzene rings is 1. The summed E-state index contributed by atoms with van der Waals surface area (Å²) in [5, 5.41) is 15.9.